The van der Waals surface area contributed by atoms with Crippen molar-refractivity contribution >= 4 is 103 Å². The van der Waals surface area contributed by atoms with Gasteiger partial charge >= 0.3 is 367 Å². The first-order valence-electron chi connectivity index (χ1n) is 23.1. The summed E-state index contributed by atoms with van der Waals surface area (Å²) in [4.78, 5) is 0. The van der Waals surface area contributed by atoms with E-state index in [0.717, 1.165) is 25.1 Å². The van der Waals surface area contributed by atoms with E-state index >= 15 is 0 Å². The Morgan fingerprint density at radius 1 is 0.424 bits per heavy atom. The normalized spacial score (nSPS) is 12.8. The van der Waals surface area contributed by atoms with Gasteiger partial charge < -0.3 is 10.8 Å². The molecule has 0 bridgehead atoms. The van der Waals surface area contributed by atoms with Gasteiger partial charge in [0.25, 0.3) is 0 Å². The molecule has 0 fully saturated rings. The Hall–Kier alpha value is 0.415. The number of rotatable bonds is 8. The summed E-state index contributed by atoms with van der Waals surface area (Å²) in [5, 5.41) is 19.9. The molecule has 0 aliphatic heterocycles. The summed E-state index contributed by atoms with van der Waals surface area (Å²) in [5.41, 5.74) is 5.58. The topological polar surface area (TPSA) is 62.2 Å². The van der Waals surface area contributed by atoms with Crippen molar-refractivity contribution in [2.45, 2.75) is 233 Å². The molecule has 0 atom stereocenters. The Kier molecular flexibility index (Phi) is 27.9. The van der Waals surface area contributed by atoms with Crippen LogP contribution in [0.3, 0.4) is 0 Å². The van der Waals surface area contributed by atoms with E-state index in [1.807, 2.05) is 0 Å². The maximum absolute atomic E-state index is 7.13. The Labute approximate surface area is 449 Å². The fourth-order valence-electron chi connectivity index (χ4n) is 10.1. The van der Waals surface area contributed by atoms with Crippen LogP contribution in [0, 0.1) is 0 Å². The molecule has 66 heavy (non-hydrogen) atoms. The minimum absolute atomic E-state index is 0. The van der Waals surface area contributed by atoms with Crippen molar-refractivity contribution in [2.24, 2.45) is 0 Å². The van der Waals surface area contributed by atoms with Crippen LogP contribution in [0.15, 0.2) is 48.5 Å². The summed E-state index contributed by atoms with van der Waals surface area (Å²) in [6.07, 6.45) is 4.66. The minimum Gasteiger partial charge on any atom is -0.753 e. The first-order valence-corrected chi connectivity index (χ1v) is 30.8. The average molecular weight is 1200 g/mol. The number of fused-ring (bicyclic) bond motifs is 2. The van der Waals surface area contributed by atoms with E-state index in [0.29, 0.717) is 41.2 Å². The van der Waals surface area contributed by atoms with Crippen LogP contribution in [0.1, 0.15) is 166 Å². The standard InChI is InChI=1S/2C24H44BN2P2.2CNS.2Pd/c2*1-21(2,3)28(22(4,5)6)17-26-19-15-13-14-16-20(19)27(25-26)18-29(23(7,8)9)24(10,11)12;2*2-1-3;;/h2*13-16H,17-18H2,1-12H3;;;;/q2*+1;2*-1;;/p+4. The number of para-hydroxylation sites is 4. The first kappa shape index (κ1) is 68.5. The molecule has 4 aromatic rings. The summed E-state index contributed by atoms with van der Waals surface area (Å²) in [7, 11) is 2.35. The van der Waals surface area contributed by atoms with Crippen LogP contribution in [0.25, 0.3) is 32.9 Å². The number of aromatic nitrogens is 4. The molecule has 16 heteroatoms. The maximum atomic E-state index is 7.13. The van der Waals surface area contributed by atoms with E-state index in [1.165, 1.54) is 32.4 Å². The third-order valence-electron chi connectivity index (χ3n) is 12.1. The molecule has 0 amide bonds. The molecule has 2 heterocycles. The van der Waals surface area contributed by atoms with Gasteiger partial charge in [-0.1, -0.05) is 24.4 Å². The smallest absolute Gasteiger partial charge is 0 e. The SMILES string of the molecule is CC(C)(C)[PH+](Cn1b[n+](C[PH+](C(C)(C)C)C(C)(C)C)c2ccccc21)C(C)(C)C.CC(C)(C)[PH+](Cn1b[n+](C[PH+](C(C)(C)C)C(C)(C)C)c2ccccc21)C(C)(C)C.[N-]=C=S.[N-]=C=S.[Pd].[Pd]. The summed E-state index contributed by atoms with van der Waals surface area (Å²) in [6, 6.07) is 18.1. The quantitative estimate of drug-likeness (QED) is 0.0764. The van der Waals surface area contributed by atoms with Gasteiger partial charge in [-0.15, -0.1) is 0 Å². The van der Waals surface area contributed by atoms with Gasteiger partial charge in [0.2, 0.25) is 0 Å². The van der Waals surface area contributed by atoms with Gasteiger partial charge in [0.05, 0.1) is 0 Å². The second-order valence-corrected chi connectivity index (χ2v) is 43.3. The molecular weight excluding hydrogens is 1110 g/mol. The van der Waals surface area contributed by atoms with Gasteiger partial charge in [0.15, 0.2) is 0 Å². The Morgan fingerprint density at radius 2 is 0.621 bits per heavy atom. The van der Waals surface area contributed by atoms with Gasteiger partial charge in [-0.3, -0.25) is 0 Å². The Balaban J connectivity index is 0. The molecule has 0 N–H and O–H groups in total. The molecule has 2 aromatic heterocycles. The van der Waals surface area contributed by atoms with Gasteiger partial charge in [0, 0.05) is 40.8 Å². The number of benzene rings is 2. The molecule has 0 aliphatic rings. The molecule has 6 nitrogen and oxygen atoms in total. The van der Waals surface area contributed by atoms with Gasteiger partial charge in [-0.05, 0) is 0 Å². The van der Waals surface area contributed by atoms with E-state index in [1.54, 1.807) is 0 Å². The predicted octanol–water partition coefficient (Wildman–Crippen LogP) is 14.9. The van der Waals surface area contributed by atoms with Gasteiger partial charge in [0.1, 0.15) is 0 Å². The third kappa shape index (κ3) is 21.2. The van der Waals surface area contributed by atoms with Crippen LogP contribution in [-0.2, 0) is 66.0 Å². The largest absolute Gasteiger partial charge is 0.753 e. The van der Waals surface area contributed by atoms with Crippen molar-refractivity contribution < 1.29 is 49.8 Å². The van der Waals surface area contributed by atoms with Crippen molar-refractivity contribution in [3.8, 4) is 0 Å². The molecule has 0 unspecified atom stereocenters. The molecule has 0 saturated heterocycles. The van der Waals surface area contributed by atoms with Crippen molar-refractivity contribution in [1.29, 1.82) is 0 Å². The van der Waals surface area contributed by atoms with Crippen LogP contribution >= 0.6 is 56.1 Å². The van der Waals surface area contributed by atoms with Crippen molar-refractivity contribution in [1.82, 2.24) is 8.95 Å². The van der Waals surface area contributed by atoms with Crippen LogP contribution < -0.4 is 8.95 Å². The Bertz CT molecular complexity index is 1820. The van der Waals surface area contributed by atoms with Crippen LogP contribution in [0.4, 0.5) is 0 Å². The number of hydrogen-bond donors (Lipinski definition) is 0. The summed E-state index contributed by atoms with van der Waals surface area (Å²) < 4.78 is 10.3. The second kappa shape index (κ2) is 26.9. The van der Waals surface area contributed by atoms with Gasteiger partial charge in [-0.2, -0.15) is 10.3 Å². The fraction of sp³-hybridized carbons (Fsp3) is 0.720. The van der Waals surface area contributed by atoms with Crippen LogP contribution in [-0.4, -0.2) is 74.9 Å². The number of thiocarbonyl (C=S) groups is 2. The van der Waals surface area contributed by atoms with Crippen molar-refractivity contribution in [3.05, 3.63) is 59.3 Å². The monoisotopic (exact) mass is 1200 g/mol. The van der Waals surface area contributed by atoms with E-state index in [4.69, 9.17) is 10.8 Å². The molecule has 0 aliphatic carbocycles. The van der Waals surface area contributed by atoms with Crippen LogP contribution in [0.5, 0.6) is 0 Å². The number of isothiocyanates is 2. The molecule has 4 rings (SSSR count). The third-order valence-corrected chi connectivity index (χ3v) is 29.2. The molecule has 2 aromatic carbocycles. The number of nitrogens with zero attached hydrogens (tertiary/aromatic N) is 6. The first-order chi connectivity index (χ1) is 28.7. The molecular formula is C50H92B2N6P4Pd2S2+4. The average Bonchev–Trinajstić information content (AvgIpc) is 3.62. The number of hydrogen-bond acceptors (Lipinski definition) is 2. The van der Waals surface area contributed by atoms with Crippen LogP contribution in [0.2, 0.25) is 0 Å². The van der Waals surface area contributed by atoms with Crippen molar-refractivity contribution in [3.63, 3.8) is 0 Å². The predicted molar refractivity (Wildman–Crippen MR) is 310 cm³/mol. The zero-order valence-electron chi connectivity index (χ0n) is 45.7. The van der Waals surface area contributed by atoms with E-state index in [9.17, 15) is 0 Å². The fourth-order valence-corrected chi connectivity index (χ4v) is 25.2. The maximum Gasteiger partial charge on any atom is 0 e. The zero-order valence-corrected chi connectivity index (χ0v) is 54.5. The Morgan fingerprint density at radius 3 is 0.818 bits per heavy atom. The summed E-state index contributed by atoms with van der Waals surface area (Å²) >= 11 is 7.40. The van der Waals surface area contributed by atoms with E-state index in [2.05, 4.69) is 271 Å². The summed E-state index contributed by atoms with van der Waals surface area (Å²) in [6.45, 7) is 58.5. The van der Waals surface area contributed by atoms with Gasteiger partial charge in [-0.25, -0.2) is 0 Å². The van der Waals surface area contributed by atoms with E-state index < -0.39 is 31.7 Å². The van der Waals surface area contributed by atoms with E-state index in [-0.39, 0.29) is 40.8 Å². The summed E-state index contributed by atoms with van der Waals surface area (Å²) in [5.74, 6) is 0. The molecule has 0 spiro atoms. The molecule has 0 radical (unpaired) electrons. The minimum atomic E-state index is -0.631. The van der Waals surface area contributed by atoms with Crippen molar-refractivity contribution in [2.75, 3.05) is 0 Å². The second-order valence-electron chi connectivity index (χ2n) is 25.8. The molecule has 376 valence electrons. The zero-order chi connectivity index (χ0) is 50.2. The molecule has 0 saturated carbocycles.